The molecular formula is C13H14BrF3N2O3. The molecule has 0 aliphatic rings. The minimum absolute atomic E-state index is 0.126. The highest BCUT2D eigenvalue weighted by atomic mass is 79.9. The number of carboxylic acids is 1. The maximum Gasteiger partial charge on any atom is 0.418 e. The van der Waals surface area contributed by atoms with Crippen molar-refractivity contribution in [1.29, 1.82) is 0 Å². The van der Waals surface area contributed by atoms with E-state index in [-0.39, 0.29) is 11.0 Å². The Hall–Kier alpha value is -1.77. The lowest BCUT2D eigenvalue weighted by Crippen LogP contribution is -2.37. The molecule has 1 atom stereocenters. The van der Waals surface area contributed by atoms with E-state index in [1.54, 1.807) is 0 Å². The van der Waals surface area contributed by atoms with Crippen molar-refractivity contribution in [3.63, 3.8) is 0 Å². The number of carbonyl (C=O) groups excluding carboxylic acids is 1. The highest BCUT2D eigenvalue weighted by molar-refractivity contribution is 9.10. The fraction of sp³-hybridized carbons (Fsp3) is 0.385. The van der Waals surface area contributed by atoms with E-state index in [1.165, 1.54) is 20.0 Å². The van der Waals surface area contributed by atoms with Crippen LogP contribution in [-0.4, -0.2) is 35.6 Å². The molecule has 0 aromatic heterocycles. The van der Waals surface area contributed by atoms with Crippen molar-refractivity contribution in [2.45, 2.75) is 13.1 Å². The summed E-state index contributed by atoms with van der Waals surface area (Å²) >= 11 is 2.94. The first kappa shape index (κ1) is 18.3. The molecule has 5 nitrogen and oxygen atoms in total. The van der Waals surface area contributed by atoms with Gasteiger partial charge < -0.3 is 15.3 Å². The Morgan fingerprint density at radius 1 is 1.41 bits per heavy atom. The van der Waals surface area contributed by atoms with Gasteiger partial charge in [0, 0.05) is 18.1 Å². The molecule has 0 fully saturated rings. The molecule has 1 aromatic rings. The zero-order valence-corrected chi connectivity index (χ0v) is 13.3. The summed E-state index contributed by atoms with van der Waals surface area (Å²) in [7, 11) is 1.31. The zero-order chi connectivity index (χ0) is 17.1. The molecular weight excluding hydrogens is 369 g/mol. The fourth-order valence-corrected chi connectivity index (χ4v) is 2.00. The molecule has 0 saturated carbocycles. The number of alkyl halides is 3. The first-order valence-electron chi connectivity index (χ1n) is 6.14. The van der Waals surface area contributed by atoms with Gasteiger partial charge in [-0.2, -0.15) is 13.2 Å². The molecule has 0 bridgehead atoms. The topological polar surface area (TPSA) is 69.6 Å². The second-order valence-electron chi connectivity index (χ2n) is 4.74. The van der Waals surface area contributed by atoms with E-state index in [0.29, 0.717) is 0 Å². The molecule has 2 N–H and O–H groups in total. The lowest BCUT2D eigenvalue weighted by Gasteiger charge is -2.21. The second-order valence-corrected chi connectivity index (χ2v) is 5.65. The average molecular weight is 383 g/mol. The van der Waals surface area contributed by atoms with Crippen molar-refractivity contribution in [1.82, 2.24) is 4.90 Å². The highest BCUT2D eigenvalue weighted by Gasteiger charge is 2.34. The van der Waals surface area contributed by atoms with Gasteiger partial charge in [-0.15, -0.1) is 0 Å². The molecule has 0 aliphatic carbocycles. The Morgan fingerprint density at radius 3 is 2.50 bits per heavy atom. The number of amides is 2. The Labute approximate surface area is 133 Å². The number of halogens is 4. The van der Waals surface area contributed by atoms with Gasteiger partial charge in [-0.1, -0.05) is 22.9 Å². The highest BCUT2D eigenvalue weighted by Crippen LogP contribution is 2.36. The second kappa shape index (κ2) is 6.99. The summed E-state index contributed by atoms with van der Waals surface area (Å²) in [5, 5.41) is 10.9. The van der Waals surface area contributed by atoms with E-state index < -0.39 is 35.3 Å². The van der Waals surface area contributed by atoms with Crippen molar-refractivity contribution in [2.24, 2.45) is 5.92 Å². The van der Waals surface area contributed by atoms with Crippen LogP contribution in [0.25, 0.3) is 0 Å². The number of hydrogen-bond acceptors (Lipinski definition) is 2. The van der Waals surface area contributed by atoms with Crippen LogP contribution in [0, 0.1) is 5.92 Å². The van der Waals surface area contributed by atoms with Gasteiger partial charge in [0.1, 0.15) is 0 Å². The number of anilines is 1. The molecule has 0 heterocycles. The molecule has 2 amide bonds. The first-order chi connectivity index (χ1) is 10.0. The quantitative estimate of drug-likeness (QED) is 0.834. The summed E-state index contributed by atoms with van der Waals surface area (Å²) in [5.74, 6) is -1.93. The summed E-state index contributed by atoms with van der Waals surface area (Å²) in [6.07, 6.45) is -4.63. The molecule has 9 heteroatoms. The fourth-order valence-electron chi connectivity index (χ4n) is 1.64. The minimum atomic E-state index is -4.63. The van der Waals surface area contributed by atoms with Crippen molar-refractivity contribution in [3.05, 3.63) is 28.2 Å². The van der Waals surface area contributed by atoms with E-state index in [4.69, 9.17) is 5.11 Å². The first-order valence-corrected chi connectivity index (χ1v) is 6.93. The smallest absolute Gasteiger partial charge is 0.418 e. The van der Waals surface area contributed by atoms with Gasteiger partial charge in [-0.3, -0.25) is 4.79 Å². The van der Waals surface area contributed by atoms with Crippen molar-refractivity contribution in [3.8, 4) is 0 Å². The minimum Gasteiger partial charge on any atom is -0.481 e. The van der Waals surface area contributed by atoms with Gasteiger partial charge in [0.15, 0.2) is 0 Å². The van der Waals surface area contributed by atoms with Crippen LogP contribution in [0.2, 0.25) is 0 Å². The van der Waals surface area contributed by atoms with Crippen LogP contribution >= 0.6 is 15.9 Å². The lowest BCUT2D eigenvalue weighted by molar-refractivity contribution is -0.141. The summed E-state index contributed by atoms with van der Waals surface area (Å²) in [6, 6.07) is 2.53. The van der Waals surface area contributed by atoms with E-state index in [2.05, 4.69) is 21.2 Å². The Bertz CT molecular complexity index is 578. The number of benzene rings is 1. The van der Waals surface area contributed by atoms with Crippen molar-refractivity contribution < 1.29 is 27.9 Å². The third kappa shape index (κ3) is 4.90. The molecule has 1 rings (SSSR count). The Kier molecular flexibility index (Phi) is 5.81. The van der Waals surface area contributed by atoms with E-state index in [9.17, 15) is 22.8 Å². The number of nitrogens with zero attached hydrogens (tertiary/aromatic N) is 1. The van der Waals surface area contributed by atoms with Crippen molar-refractivity contribution >= 4 is 33.6 Å². The summed E-state index contributed by atoms with van der Waals surface area (Å²) in [6.45, 7) is 1.27. The SMILES string of the molecule is CC(CN(C)C(=O)Nc1ccc(Br)cc1C(F)(F)F)C(=O)O. The third-order valence-electron chi connectivity index (χ3n) is 2.84. The van der Waals surface area contributed by atoms with Crippen LogP contribution in [0.15, 0.2) is 22.7 Å². The standard InChI is InChI=1S/C13H14BrF3N2O3/c1-7(11(20)21)6-19(2)12(22)18-10-4-3-8(14)5-9(10)13(15,16)17/h3-5,7H,6H2,1-2H3,(H,18,22)(H,20,21). The van der Waals surface area contributed by atoms with E-state index >= 15 is 0 Å². The van der Waals surface area contributed by atoms with Gasteiger partial charge in [-0.25, -0.2) is 4.79 Å². The number of carbonyl (C=O) groups is 2. The van der Waals surface area contributed by atoms with Crippen LogP contribution in [0.3, 0.4) is 0 Å². The number of hydrogen-bond donors (Lipinski definition) is 2. The summed E-state index contributed by atoms with van der Waals surface area (Å²) in [4.78, 5) is 23.6. The number of carboxylic acid groups (broad SMARTS) is 1. The van der Waals surface area contributed by atoms with Gasteiger partial charge >= 0.3 is 18.2 Å². The van der Waals surface area contributed by atoms with Gasteiger partial charge in [0.25, 0.3) is 0 Å². The maximum atomic E-state index is 12.9. The normalized spacial score (nSPS) is 12.6. The van der Waals surface area contributed by atoms with Crippen LogP contribution in [0.4, 0.5) is 23.7 Å². The molecule has 0 aliphatic heterocycles. The Balaban J connectivity index is 2.91. The third-order valence-corrected chi connectivity index (χ3v) is 3.34. The molecule has 122 valence electrons. The largest absolute Gasteiger partial charge is 0.481 e. The molecule has 0 saturated heterocycles. The van der Waals surface area contributed by atoms with Crippen LogP contribution < -0.4 is 5.32 Å². The van der Waals surface area contributed by atoms with Crippen molar-refractivity contribution in [2.75, 3.05) is 18.9 Å². The van der Waals surface area contributed by atoms with Gasteiger partial charge in [-0.05, 0) is 18.2 Å². The summed E-state index contributed by atoms with van der Waals surface area (Å²) in [5.41, 5.74) is -1.38. The molecule has 22 heavy (non-hydrogen) atoms. The lowest BCUT2D eigenvalue weighted by atomic mass is 10.1. The van der Waals surface area contributed by atoms with E-state index in [0.717, 1.165) is 17.0 Å². The Morgan fingerprint density at radius 2 is 2.00 bits per heavy atom. The maximum absolute atomic E-state index is 12.9. The number of nitrogens with one attached hydrogen (secondary N) is 1. The number of urea groups is 1. The zero-order valence-electron chi connectivity index (χ0n) is 11.7. The molecule has 1 aromatic carbocycles. The predicted octanol–water partition coefficient (Wildman–Crippen LogP) is 3.65. The molecule has 0 radical (unpaired) electrons. The van der Waals surface area contributed by atoms with Crippen LogP contribution in [0.5, 0.6) is 0 Å². The monoisotopic (exact) mass is 382 g/mol. The predicted molar refractivity (Wildman–Crippen MR) is 77.6 cm³/mol. The summed E-state index contributed by atoms with van der Waals surface area (Å²) < 4.78 is 39.0. The molecule has 1 unspecified atom stereocenters. The molecule has 0 spiro atoms. The van der Waals surface area contributed by atoms with Crippen LogP contribution in [0.1, 0.15) is 12.5 Å². The van der Waals surface area contributed by atoms with E-state index in [1.807, 2.05) is 0 Å². The van der Waals surface area contributed by atoms with Gasteiger partial charge in [0.2, 0.25) is 0 Å². The number of rotatable bonds is 4. The van der Waals surface area contributed by atoms with Gasteiger partial charge in [0.05, 0.1) is 17.2 Å². The average Bonchev–Trinajstić information content (AvgIpc) is 2.39. The number of aliphatic carboxylic acids is 1. The van der Waals surface area contributed by atoms with Crippen LogP contribution in [-0.2, 0) is 11.0 Å².